The highest BCUT2D eigenvalue weighted by Crippen LogP contribution is 2.12. The van der Waals surface area contributed by atoms with Crippen LogP contribution in [0.1, 0.15) is 17.8 Å². The molecule has 3 rings (SSSR count). The molecule has 2 aromatic rings. The monoisotopic (exact) mass is 315 g/mol. The van der Waals surface area contributed by atoms with Crippen molar-refractivity contribution in [1.82, 2.24) is 24.6 Å². The normalized spacial score (nSPS) is 18.1. The number of amides is 1. The molecule has 122 valence electrons. The van der Waals surface area contributed by atoms with E-state index in [1.54, 1.807) is 23.4 Å². The number of ether oxygens (including phenoxy) is 1. The summed E-state index contributed by atoms with van der Waals surface area (Å²) in [5.41, 5.74) is 1.98. The van der Waals surface area contributed by atoms with Crippen molar-refractivity contribution in [3.8, 4) is 0 Å². The summed E-state index contributed by atoms with van der Waals surface area (Å²) >= 11 is 0. The van der Waals surface area contributed by atoms with Gasteiger partial charge in [0.25, 0.3) is 0 Å². The van der Waals surface area contributed by atoms with Gasteiger partial charge in [0.05, 0.1) is 12.7 Å². The van der Waals surface area contributed by atoms with Crippen molar-refractivity contribution in [3.05, 3.63) is 42.2 Å². The summed E-state index contributed by atoms with van der Waals surface area (Å²) in [6, 6.07) is 3.81. The average molecular weight is 315 g/mol. The Hall–Kier alpha value is -2.28. The van der Waals surface area contributed by atoms with Gasteiger partial charge in [0.2, 0.25) is 5.91 Å². The molecule has 0 N–H and O–H groups in total. The Balaban J connectivity index is 1.50. The van der Waals surface area contributed by atoms with Crippen molar-refractivity contribution in [2.45, 2.75) is 32.4 Å². The molecule has 0 aromatic carbocycles. The van der Waals surface area contributed by atoms with Crippen LogP contribution in [0.2, 0.25) is 0 Å². The molecule has 0 spiro atoms. The fraction of sp³-hybridized carbons (Fsp3) is 0.500. The molecule has 1 atom stereocenters. The predicted octanol–water partition coefficient (Wildman–Crippen LogP) is 0.842. The van der Waals surface area contributed by atoms with E-state index in [1.165, 1.54) is 0 Å². The summed E-state index contributed by atoms with van der Waals surface area (Å²) in [5, 5.41) is 4.08. The smallest absolute Gasteiger partial charge is 0.244 e. The molecule has 7 heteroatoms. The van der Waals surface area contributed by atoms with E-state index in [9.17, 15) is 4.79 Å². The molecule has 0 aliphatic carbocycles. The summed E-state index contributed by atoms with van der Waals surface area (Å²) in [5.74, 6) is 0.0832. The standard InChI is InChI=1S/C16H21N5O2/c1-13-9-14(18-12-17-13)3-4-15-10-20(7-8-23-15)16(22)11-21-6-2-5-19-21/h2,5-6,9,12,15H,3-4,7-8,10-11H2,1H3/t15-/m0/s1. The number of morpholine rings is 1. The van der Waals surface area contributed by atoms with Gasteiger partial charge in [-0.25, -0.2) is 9.97 Å². The van der Waals surface area contributed by atoms with Crippen LogP contribution in [0.15, 0.2) is 30.9 Å². The Morgan fingerprint density at radius 1 is 1.43 bits per heavy atom. The van der Waals surface area contributed by atoms with Crippen LogP contribution in [0.4, 0.5) is 0 Å². The molecule has 1 aliphatic heterocycles. The number of nitrogens with zero attached hydrogens (tertiary/aromatic N) is 5. The summed E-state index contributed by atoms with van der Waals surface area (Å²) in [4.78, 5) is 22.6. The first-order valence-electron chi connectivity index (χ1n) is 7.85. The topological polar surface area (TPSA) is 73.1 Å². The van der Waals surface area contributed by atoms with Crippen LogP contribution in [0.3, 0.4) is 0 Å². The summed E-state index contributed by atoms with van der Waals surface area (Å²) in [6.07, 6.45) is 6.80. The van der Waals surface area contributed by atoms with Crippen LogP contribution in [0, 0.1) is 6.92 Å². The first-order chi connectivity index (χ1) is 11.2. The van der Waals surface area contributed by atoms with E-state index in [2.05, 4.69) is 15.1 Å². The summed E-state index contributed by atoms with van der Waals surface area (Å²) < 4.78 is 7.44. The van der Waals surface area contributed by atoms with Gasteiger partial charge in [0.1, 0.15) is 12.9 Å². The maximum absolute atomic E-state index is 12.3. The van der Waals surface area contributed by atoms with E-state index in [4.69, 9.17) is 4.74 Å². The lowest BCUT2D eigenvalue weighted by molar-refractivity contribution is -0.139. The van der Waals surface area contributed by atoms with Crippen molar-refractivity contribution in [2.24, 2.45) is 0 Å². The van der Waals surface area contributed by atoms with Gasteiger partial charge < -0.3 is 9.64 Å². The Labute approximate surface area is 135 Å². The highest BCUT2D eigenvalue weighted by molar-refractivity contribution is 5.76. The Kier molecular flexibility index (Phi) is 4.97. The lowest BCUT2D eigenvalue weighted by Crippen LogP contribution is -2.46. The second kappa shape index (κ2) is 7.32. The van der Waals surface area contributed by atoms with E-state index >= 15 is 0 Å². The molecule has 23 heavy (non-hydrogen) atoms. The summed E-state index contributed by atoms with van der Waals surface area (Å²) in [6.45, 7) is 4.09. The summed E-state index contributed by atoms with van der Waals surface area (Å²) in [7, 11) is 0. The Morgan fingerprint density at radius 3 is 3.13 bits per heavy atom. The number of carbonyl (C=O) groups excluding carboxylic acids is 1. The zero-order valence-corrected chi connectivity index (χ0v) is 13.3. The number of aromatic nitrogens is 4. The fourth-order valence-electron chi connectivity index (χ4n) is 2.71. The van der Waals surface area contributed by atoms with Crippen molar-refractivity contribution >= 4 is 5.91 Å². The molecule has 3 heterocycles. The zero-order valence-electron chi connectivity index (χ0n) is 13.3. The molecule has 0 radical (unpaired) electrons. The lowest BCUT2D eigenvalue weighted by Gasteiger charge is -2.33. The van der Waals surface area contributed by atoms with Crippen LogP contribution >= 0.6 is 0 Å². The molecule has 0 saturated carbocycles. The lowest BCUT2D eigenvalue weighted by atomic mass is 10.1. The van der Waals surface area contributed by atoms with Gasteiger partial charge in [-0.15, -0.1) is 0 Å². The van der Waals surface area contributed by atoms with Gasteiger partial charge in [0.15, 0.2) is 0 Å². The minimum absolute atomic E-state index is 0.0561. The number of rotatable bonds is 5. The number of carbonyl (C=O) groups is 1. The number of hydrogen-bond acceptors (Lipinski definition) is 5. The van der Waals surface area contributed by atoms with Gasteiger partial charge >= 0.3 is 0 Å². The number of hydrogen-bond donors (Lipinski definition) is 0. The zero-order chi connectivity index (χ0) is 16.1. The Morgan fingerprint density at radius 2 is 2.35 bits per heavy atom. The van der Waals surface area contributed by atoms with Crippen LogP contribution < -0.4 is 0 Å². The van der Waals surface area contributed by atoms with Crippen LogP contribution in [-0.2, 0) is 22.5 Å². The maximum Gasteiger partial charge on any atom is 0.244 e. The molecule has 1 aliphatic rings. The van der Waals surface area contributed by atoms with Crippen LogP contribution in [-0.4, -0.2) is 56.4 Å². The van der Waals surface area contributed by atoms with Crippen molar-refractivity contribution in [2.75, 3.05) is 19.7 Å². The van der Waals surface area contributed by atoms with E-state index < -0.39 is 0 Å². The molecule has 0 unspecified atom stereocenters. The van der Waals surface area contributed by atoms with E-state index in [0.29, 0.717) is 19.7 Å². The third-order valence-corrected chi connectivity index (χ3v) is 3.93. The molecule has 0 bridgehead atoms. The first-order valence-corrected chi connectivity index (χ1v) is 7.85. The van der Waals surface area contributed by atoms with Crippen LogP contribution in [0.25, 0.3) is 0 Å². The largest absolute Gasteiger partial charge is 0.375 e. The highest BCUT2D eigenvalue weighted by Gasteiger charge is 2.24. The van der Waals surface area contributed by atoms with Crippen molar-refractivity contribution in [3.63, 3.8) is 0 Å². The molecular formula is C16H21N5O2. The van der Waals surface area contributed by atoms with Gasteiger partial charge in [-0.2, -0.15) is 5.10 Å². The second-order valence-corrected chi connectivity index (χ2v) is 5.73. The van der Waals surface area contributed by atoms with Gasteiger partial charge in [0, 0.05) is 36.9 Å². The fourth-order valence-corrected chi connectivity index (χ4v) is 2.71. The van der Waals surface area contributed by atoms with E-state index in [1.807, 2.05) is 24.0 Å². The van der Waals surface area contributed by atoms with Crippen molar-refractivity contribution in [1.29, 1.82) is 0 Å². The van der Waals surface area contributed by atoms with Crippen molar-refractivity contribution < 1.29 is 9.53 Å². The molecule has 1 fully saturated rings. The average Bonchev–Trinajstić information content (AvgIpc) is 3.06. The minimum atomic E-state index is 0.0561. The third-order valence-electron chi connectivity index (χ3n) is 3.93. The Bertz CT molecular complexity index is 644. The predicted molar refractivity (Wildman–Crippen MR) is 83.6 cm³/mol. The maximum atomic E-state index is 12.3. The van der Waals surface area contributed by atoms with Gasteiger partial charge in [-0.1, -0.05) is 0 Å². The quantitative estimate of drug-likeness (QED) is 0.817. The molecule has 1 saturated heterocycles. The van der Waals surface area contributed by atoms with E-state index in [0.717, 1.165) is 24.2 Å². The first kappa shape index (κ1) is 15.6. The van der Waals surface area contributed by atoms with Gasteiger partial charge in [-0.3, -0.25) is 9.48 Å². The van der Waals surface area contributed by atoms with Crippen LogP contribution in [0.5, 0.6) is 0 Å². The second-order valence-electron chi connectivity index (χ2n) is 5.73. The number of aryl methyl sites for hydroxylation is 2. The third kappa shape index (κ3) is 4.35. The molecule has 2 aromatic heterocycles. The molecule has 7 nitrogen and oxygen atoms in total. The highest BCUT2D eigenvalue weighted by atomic mass is 16.5. The SMILES string of the molecule is Cc1cc(CC[C@H]2CN(C(=O)Cn3cccn3)CCO2)ncn1. The minimum Gasteiger partial charge on any atom is -0.375 e. The van der Waals surface area contributed by atoms with Gasteiger partial charge in [-0.05, 0) is 31.9 Å². The van der Waals surface area contributed by atoms with E-state index in [-0.39, 0.29) is 18.6 Å². The molecule has 1 amide bonds. The molecular weight excluding hydrogens is 294 g/mol.